The van der Waals surface area contributed by atoms with Crippen molar-refractivity contribution in [2.75, 3.05) is 18.3 Å². The summed E-state index contributed by atoms with van der Waals surface area (Å²) in [5.41, 5.74) is 2.24. The smallest absolute Gasteiger partial charge is 0.294 e. The molecule has 5 rings (SSSR count). The zero-order valence-corrected chi connectivity index (χ0v) is 19.3. The van der Waals surface area contributed by atoms with Gasteiger partial charge in [0.25, 0.3) is 5.91 Å². The van der Waals surface area contributed by atoms with Crippen LogP contribution in [0.15, 0.2) is 84.1 Å². The minimum Gasteiger partial charge on any atom is -0.503 e. The molecule has 35 heavy (non-hydrogen) atoms. The number of carbonyl (C=O) groups excluding carboxylic acids is 2. The molecule has 2 aliphatic rings. The van der Waals surface area contributed by atoms with Gasteiger partial charge in [-0.1, -0.05) is 42.5 Å². The first-order valence-corrected chi connectivity index (χ1v) is 11.5. The number of amides is 1. The third-order valence-corrected chi connectivity index (χ3v) is 6.11. The van der Waals surface area contributed by atoms with E-state index in [0.717, 1.165) is 5.56 Å². The molecule has 1 unspecified atom stereocenters. The first kappa shape index (κ1) is 22.5. The molecule has 0 fully saturated rings. The Hall–Kier alpha value is -4.26. The second-order valence-corrected chi connectivity index (χ2v) is 8.29. The van der Waals surface area contributed by atoms with Gasteiger partial charge in [-0.15, -0.1) is 0 Å². The van der Waals surface area contributed by atoms with E-state index in [9.17, 15) is 14.7 Å². The van der Waals surface area contributed by atoms with Gasteiger partial charge in [0.2, 0.25) is 6.79 Å². The summed E-state index contributed by atoms with van der Waals surface area (Å²) < 4.78 is 16.5. The Balaban J connectivity index is 1.54. The van der Waals surface area contributed by atoms with Gasteiger partial charge in [-0.25, -0.2) is 0 Å². The fraction of sp³-hybridized carbons (Fsp3) is 0.214. The number of aliphatic hydroxyl groups excluding tert-OH is 1. The third-order valence-electron chi connectivity index (χ3n) is 6.11. The van der Waals surface area contributed by atoms with Gasteiger partial charge in [0, 0.05) is 18.2 Å². The van der Waals surface area contributed by atoms with Crippen molar-refractivity contribution >= 4 is 17.4 Å². The highest BCUT2D eigenvalue weighted by molar-refractivity contribution is 6.16. The lowest BCUT2D eigenvalue weighted by Crippen LogP contribution is -2.31. The second kappa shape index (κ2) is 9.54. The lowest BCUT2D eigenvalue weighted by Gasteiger charge is -2.27. The number of rotatable bonds is 8. The minimum atomic E-state index is -0.813. The molecular weight excluding hydrogens is 446 g/mol. The Morgan fingerprint density at radius 3 is 2.63 bits per heavy atom. The monoisotopic (exact) mass is 471 g/mol. The largest absolute Gasteiger partial charge is 0.503 e. The predicted molar refractivity (Wildman–Crippen MR) is 130 cm³/mol. The summed E-state index contributed by atoms with van der Waals surface area (Å²) in [5.74, 6) is 0.235. The number of ether oxygens (including phenoxy) is 3. The van der Waals surface area contributed by atoms with E-state index in [-0.39, 0.29) is 24.6 Å². The SMILES string of the molecule is CCOc1cccc(C2C(C(=O)CCc3ccccc3)=C(O)C(=O)N2c2ccc3c(c2)OCO3)c1. The number of aryl methyl sites for hydroxylation is 1. The Bertz CT molecular complexity index is 1300. The number of nitrogens with zero attached hydrogens (tertiary/aromatic N) is 1. The summed E-state index contributed by atoms with van der Waals surface area (Å²) in [7, 11) is 0. The molecule has 1 amide bonds. The third kappa shape index (κ3) is 4.33. The molecule has 3 aromatic carbocycles. The van der Waals surface area contributed by atoms with Crippen LogP contribution in [0.2, 0.25) is 0 Å². The highest BCUT2D eigenvalue weighted by Gasteiger charge is 2.44. The molecule has 0 radical (unpaired) electrons. The summed E-state index contributed by atoms with van der Waals surface area (Å²) in [6.07, 6.45) is 0.660. The number of aliphatic hydroxyl groups is 1. The highest BCUT2D eigenvalue weighted by Crippen LogP contribution is 2.45. The van der Waals surface area contributed by atoms with E-state index >= 15 is 0 Å². The van der Waals surface area contributed by atoms with Crippen molar-refractivity contribution in [3.63, 3.8) is 0 Å². The van der Waals surface area contributed by atoms with Gasteiger partial charge in [0.15, 0.2) is 23.0 Å². The molecule has 2 aliphatic heterocycles. The van der Waals surface area contributed by atoms with Gasteiger partial charge < -0.3 is 19.3 Å². The van der Waals surface area contributed by atoms with Crippen LogP contribution in [0.25, 0.3) is 0 Å². The number of fused-ring (bicyclic) bond motifs is 1. The molecular formula is C28H25NO6. The van der Waals surface area contributed by atoms with Crippen LogP contribution in [0.5, 0.6) is 17.2 Å². The van der Waals surface area contributed by atoms with Crippen molar-refractivity contribution in [1.29, 1.82) is 0 Å². The second-order valence-electron chi connectivity index (χ2n) is 8.29. The van der Waals surface area contributed by atoms with Crippen molar-refractivity contribution in [2.45, 2.75) is 25.8 Å². The Kier molecular flexibility index (Phi) is 6.14. The normalized spacial score (nSPS) is 16.7. The van der Waals surface area contributed by atoms with E-state index in [4.69, 9.17) is 14.2 Å². The molecule has 0 aliphatic carbocycles. The number of hydrogen-bond acceptors (Lipinski definition) is 6. The zero-order chi connectivity index (χ0) is 24.4. The van der Waals surface area contributed by atoms with Crippen LogP contribution in [0, 0.1) is 0 Å². The Morgan fingerprint density at radius 2 is 1.83 bits per heavy atom. The lowest BCUT2D eigenvalue weighted by atomic mass is 9.93. The fourth-order valence-electron chi connectivity index (χ4n) is 4.49. The molecule has 7 nitrogen and oxygen atoms in total. The van der Waals surface area contributed by atoms with Gasteiger partial charge in [-0.2, -0.15) is 0 Å². The number of carbonyl (C=O) groups is 2. The van der Waals surface area contributed by atoms with Crippen LogP contribution < -0.4 is 19.1 Å². The minimum absolute atomic E-state index is 0.0808. The van der Waals surface area contributed by atoms with Crippen LogP contribution in [0.1, 0.15) is 30.5 Å². The zero-order valence-electron chi connectivity index (χ0n) is 19.3. The summed E-state index contributed by atoms with van der Waals surface area (Å²) in [4.78, 5) is 28.2. The van der Waals surface area contributed by atoms with E-state index < -0.39 is 17.7 Å². The van der Waals surface area contributed by atoms with Crippen LogP contribution in [-0.2, 0) is 16.0 Å². The molecule has 3 aromatic rings. The number of ketones is 1. The number of Topliss-reactive ketones (excluding diaryl/α,β-unsaturated/α-hetero) is 1. The van der Waals surface area contributed by atoms with Crippen LogP contribution in [0.4, 0.5) is 5.69 Å². The van der Waals surface area contributed by atoms with Crippen molar-refractivity contribution in [3.8, 4) is 17.2 Å². The van der Waals surface area contributed by atoms with Crippen molar-refractivity contribution in [2.24, 2.45) is 0 Å². The molecule has 0 saturated carbocycles. The van der Waals surface area contributed by atoms with Crippen LogP contribution in [0.3, 0.4) is 0 Å². The first-order chi connectivity index (χ1) is 17.1. The predicted octanol–water partition coefficient (Wildman–Crippen LogP) is 4.92. The van der Waals surface area contributed by atoms with E-state index in [1.54, 1.807) is 24.3 Å². The summed E-state index contributed by atoms with van der Waals surface area (Å²) >= 11 is 0. The summed E-state index contributed by atoms with van der Waals surface area (Å²) in [6.45, 7) is 2.46. The van der Waals surface area contributed by atoms with Crippen molar-refractivity contribution < 1.29 is 28.9 Å². The van der Waals surface area contributed by atoms with Gasteiger partial charge in [-0.3, -0.25) is 14.5 Å². The molecule has 178 valence electrons. The van der Waals surface area contributed by atoms with E-state index in [2.05, 4.69) is 0 Å². The molecule has 1 N–H and O–H groups in total. The van der Waals surface area contributed by atoms with E-state index in [0.29, 0.717) is 41.5 Å². The van der Waals surface area contributed by atoms with E-state index in [1.807, 2.05) is 55.5 Å². The van der Waals surface area contributed by atoms with Crippen molar-refractivity contribution in [3.05, 3.63) is 95.3 Å². The summed E-state index contributed by atoms with van der Waals surface area (Å²) in [5, 5.41) is 10.9. The highest BCUT2D eigenvalue weighted by atomic mass is 16.7. The fourth-order valence-corrected chi connectivity index (χ4v) is 4.49. The molecule has 0 spiro atoms. The van der Waals surface area contributed by atoms with Gasteiger partial charge >= 0.3 is 0 Å². The Labute approximate surface area is 203 Å². The number of anilines is 1. The topological polar surface area (TPSA) is 85.3 Å². The maximum absolute atomic E-state index is 13.5. The van der Waals surface area contributed by atoms with Crippen LogP contribution in [-0.4, -0.2) is 30.2 Å². The lowest BCUT2D eigenvalue weighted by molar-refractivity contribution is -0.118. The molecule has 7 heteroatoms. The first-order valence-electron chi connectivity index (χ1n) is 11.5. The summed E-state index contributed by atoms with van der Waals surface area (Å²) in [6, 6.07) is 21.2. The van der Waals surface area contributed by atoms with Crippen molar-refractivity contribution in [1.82, 2.24) is 0 Å². The quantitative estimate of drug-likeness (QED) is 0.502. The maximum atomic E-state index is 13.5. The Morgan fingerprint density at radius 1 is 1.03 bits per heavy atom. The molecule has 0 bridgehead atoms. The molecule has 0 aromatic heterocycles. The number of hydrogen-bond donors (Lipinski definition) is 1. The standard InChI is InChI=1S/C28H25NO6/c1-2-33-21-10-6-9-19(15-21)26-25(22(30)13-11-18-7-4-3-5-8-18)27(31)28(32)29(26)20-12-14-23-24(16-20)35-17-34-23/h3-10,12,14-16,26,31H,2,11,13,17H2,1H3. The molecule has 0 saturated heterocycles. The molecule has 1 atom stereocenters. The maximum Gasteiger partial charge on any atom is 0.294 e. The van der Waals surface area contributed by atoms with Crippen LogP contribution >= 0.6 is 0 Å². The number of benzene rings is 3. The molecule has 2 heterocycles. The van der Waals surface area contributed by atoms with Gasteiger partial charge in [0.1, 0.15) is 5.75 Å². The van der Waals surface area contributed by atoms with E-state index in [1.165, 1.54) is 4.90 Å². The van der Waals surface area contributed by atoms with Gasteiger partial charge in [-0.05, 0) is 48.7 Å². The average molecular weight is 472 g/mol. The average Bonchev–Trinajstić information content (AvgIpc) is 3.45. The van der Waals surface area contributed by atoms with Gasteiger partial charge in [0.05, 0.1) is 18.2 Å².